The van der Waals surface area contributed by atoms with Crippen molar-refractivity contribution in [3.05, 3.63) is 117 Å². The molecule has 49 heavy (non-hydrogen) atoms. The average Bonchev–Trinajstić information content (AvgIpc) is 3.00. The molecule has 4 aromatic carbocycles. The van der Waals surface area contributed by atoms with E-state index in [4.69, 9.17) is 0 Å². The molecule has 0 bridgehead atoms. The van der Waals surface area contributed by atoms with Gasteiger partial charge < -0.3 is 19.9 Å². The van der Waals surface area contributed by atoms with Crippen molar-refractivity contribution in [2.45, 2.75) is 32.0 Å². The van der Waals surface area contributed by atoms with Crippen LogP contribution in [-0.2, 0) is 30.9 Å². The number of carbonyl (C=O) groups excluding carboxylic acids is 1. The van der Waals surface area contributed by atoms with Crippen LogP contribution in [0.4, 0.5) is 22.0 Å². The third-order valence-corrected chi connectivity index (χ3v) is 9.16. The van der Waals surface area contributed by atoms with Crippen molar-refractivity contribution >= 4 is 33.6 Å². The highest BCUT2D eigenvalue weighted by Crippen LogP contribution is 2.42. The van der Waals surface area contributed by atoms with E-state index in [1.807, 2.05) is 14.0 Å². The van der Waals surface area contributed by atoms with Crippen molar-refractivity contribution in [2.24, 2.45) is 12.5 Å². The van der Waals surface area contributed by atoms with Crippen LogP contribution in [0.25, 0.3) is 32.8 Å². The number of carboxylic acids is 1. The fraction of sp³-hybridized carbons (Fsp3) is 0.270. The van der Waals surface area contributed by atoms with Crippen LogP contribution < -0.4 is 10.9 Å². The van der Waals surface area contributed by atoms with E-state index in [0.29, 0.717) is 22.9 Å². The molecule has 7 nitrogen and oxygen atoms in total. The fourth-order valence-corrected chi connectivity index (χ4v) is 7.27. The summed E-state index contributed by atoms with van der Waals surface area (Å²) in [7, 11) is 3.32. The Morgan fingerprint density at radius 2 is 1.53 bits per heavy atom. The molecule has 0 unspecified atom stereocenters. The van der Waals surface area contributed by atoms with Gasteiger partial charge in [-0.25, -0.2) is 13.6 Å². The van der Waals surface area contributed by atoms with Crippen molar-refractivity contribution in [1.82, 2.24) is 14.8 Å². The number of carboxylic acid groups (broad SMARTS) is 1. The predicted octanol–water partition coefficient (Wildman–Crippen LogP) is 6.58. The van der Waals surface area contributed by atoms with Gasteiger partial charge in [0.1, 0.15) is 23.2 Å². The van der Waals surface area contributed by atoms with Gasteiger partial charge in [0.05, 0.1) is 16.6 Å². The quantitative estimate of drug-likeness (QED) is 0.181. The monoisotopic (exact) mass is 677 g/mol. The van der Waals surface area contributed by atoms with Crippen LogP contribution in [0.2, 0.25) is 0 Å². The van der Waals surface area contributed by atoms with Crippen LogP contribution >= 0.6 is 0 Å². The maximum Gasteiger partial charge on any atom is 0.417 e. The van der Waals surface area contributed by atoms with Gasteiger partial charge in [-0.2, -0.15) is 13.2 Å². The molecule has 0 spiro atoms. The third kappa shape index (κ3) is 6.28. The SMILES string of the molecule is CN1CC(C)(Cc2cc(F)c(C(=O)N[C@@H](Cc3cccc4c(-c5c(C(F)(F)F)c6ccccc6n(C)c5=O)cccc34)C(=O)O)c(F)c2)C1. The molecule has 1 aromatic heterocycles. The molecule has 1 aliphatic rings. The van der Waals surface area contributed by atoms with E-state index in [1.165, 1.54) is 61.6 Å². The second kappa shape index (κ2) is 12.4. The molecule has 2 heterocycles. The number of likely N-dealkylation sites (tertiary alicyclic amines) is 1. The summed E-state index contributed by atoms with van der Waals surface area (Å²) >= 11 is 0. The number of rotatable bonds is 8. The van der Waals surface area contributed by atoms with Gasteiger partial charge in [0, 0.05) is 31.9 Å². The molecule has 1 atom stereocenters. The Labute approximate surface area is 277 Å². The number of benzene rings is 4. The lowest BCUT2D eigenvalue weighted by Gasteiger charge is -2.46. The molecule has 1 amide bonds. The van der Waals surface area contributed by atoms with Gasteiger partial charge in [-0.3, -0.25) is 9.59 Å². The Morgan fingerprint density at radius 3 is 2.16 bits per heavy atom. The summed E-state index contributed by atoms with van der Waals surface area (Å²) in [6, 6.07) is 15.2. The first-order chi connectivity index (χ1) is 23.1. The molecule has 0 aliphatic carbocycles. The fourth-order valence-electron chi connectivity index (χ4n) is 7.27. The van der Waals surface area contributed by atoms with E-state index in [0.717, 1.165) is 29.8 Å². The van der Waals surface area contributed by atoms with Crippen LogP contribution in [0.15, 0.2) is 77.6 Å². The summed E-state index contributed by atoms with van der Waals surface area (Å²) in [6.07, 6.45) is -4.88. The van der Waals surface area contributed by atoms with Gasteiger partial charge in [-0.05, 0) is 64.5 Å². The number of hydrogen-bond acceptors (Lipinski definition) is 4. The normalized spacial score (nSPS) is 15.3. The Balaban J connectivity index is 1.36. The van der Waals surface area contributed by atoms with Gasteiger partial charge in [-0.15, -0.1) is 0 Å². The average molecular weight is 678 g/mol. The molecule has 6 rings (SSSR count). The molecule has 254 valence electrons. The standard InChI is InChI=1S/C37H32F5N3O4/c1-36(18-44(2)19-36)17-20-14-26(38)31(27(39)15-20)33(46)43-28(35(48)49)16-21-8-6-11-23-22(21)10-7-12-24(23)30-32(37(40,41)42)25-9-4-5-13-29(25)45(3)34(30)47/h4-15,28H,16-19H2,1-3H3,(H,43,46)(H,48,49)/t28-/m0/s1. The van der Waals surface area contributed by atoms with E-state index in [-0.39, 0.29) is 33.7 Å². The highest BCUT2D eigenvalue weighted by Gasteiger charge is 2.39. The number of hydrogen-bond donors (Lipinski definition) is 2. The number of fused-ring (bicyclic) bond motifs is 2. The first-order valence-corrected chi connectivity index (χ1v) is 15.5. The number of halogens is 5. The van der Waals surface area contributed by atoms with Gasteiger partial charge in [0.2, 0.25) is 0 Å². The molecule has 12 heteroatoms. The molecule has 0 saturated carbocycles. The Bertz CT molecular complexity index is 2180. The van der Waals surface area contributed by atoms with E-state index in [9.17, 15) is 32.7 Å². The Hall–Kier alpha value is -5.10. The Kier molecular flexibility index (Phi) is 8.56. The van der Waals surface area contributed by atoms with Crippen LogP contribution in [0.1, 0.15) is 34.0 Å². The number of aromatic nitrogens is 1. The minimum absolute atomic E-state index is 0.0134. The van der Waals surface area contributed by atoms with E-state index >= 15 is 8.78 Å². The van der Waals surface area contributed by atoms with E-state index < -0.39 is 58.0 Å². The topological polar surface area (TPSA) is 91.6 Å². The highest BCUT2D eigenvalue weighted by atomic mass is 19.4. The molecule has 1 fully saturated rings. The van der Waals surface area contributed by atoms with Crippen LogP contribution in [0.3, 0.4) is 0 Å². The van der Waals surface area contributed by atoms with Crippen molar-refractivity contribution < 1.29 is 36.6 Å². The van der Waals surface area contributed by atoms with Crippen molar-refractivity contribution in [1.29, 1.82) is 0 Å². The second-order valence-electron chi connectivity index (χ2n) is 13.1. The number of carbonyl (C=O) groups is 2. The summed E-state index contributed by atoms with van der Waals surface area (Å²) in [5, 5.41) is 12.6. The second-order valence-corrected chi connectivity index (χ2v) is 13.1. The van der Waals surface area contributed by atoms with Gasteiger partial charge in [0.25, 0.3) is 11.5 Å². The van der Waals surface area contributed by atoms with Gasteiger partial charge >= 0.3 is 12.1 Å². The predicted molar refractivity (Wildman–Crippen MR) is 175 cm³/mol. The highest BCUT2D eigenvalue weighted by molar-refractivity contribution is 6.02. The molecular formula is C37H32F5N3O4. The maximum absolute atomic E-state index is 15.1. The zero-order valence-electron chi connectivity index (χ0n) is 26.8. The number of pyridine rings is 1. The summed E-state index contributed by atoms with van der Waals surface area (Å²) in [5.41, 5.74) is -2.84. The number of para-hydroxylation sites is 1. The number of aryl methyl sites for hydroxylation is 1. The molecule has 1 saturated heterocycles. The van der Waals surface area contributed by atoms with Crippen molar-refractivity contribution in [3.8, 4) is 11.1 Å². The number of amides is 1. The lowest BCUT2D eigenvalue weighted by atomic mass is 9.77. The summed E-state index contributed by atoms with van der Waals surface area (Å²) in [4.78, 5) is 41.1. The minimum Gasteiger partial charge on any atom is -0.480 e. The summed E-state index contributed by atoms with van der Waals surface area (Å²) < 4.78 is 75.4. The minimum atomic E-state index is -4.89. The molecule has 1 aliphatic heterocycles. The summed E-state index contributed by atoms with van der Waals surface area (Å²) in [5.74, 6) is -5.01. The lowest BCUT2D eigenvalue weighted by molar-refractivity contribution is -0.139. The number of nitrogens with one attached hydrogen (secondary N) is 1. The first-order valence-electron chi connectivity index (χ1n) is 15.5. The molecule has 0 radical (unpaired) electrons. The zero-order valence-corrected chi connectivity index (χ0v) is 26.8. The summed E-state index contributed by atoms with van der Waals surface area (Å²) in [6.45, 7) is 3.49. The lowest BCUT2D eigenvalue weighted by Crippen LogP contribution is -2.53. The van der Waals surface area contributed by atoms with Crippen LogP contribution in [0.5, 0.6) is 0 Å². The smallest absolute Gasteiger partial charge is 0.417 e. The van der Waals surface area contributed by atoms with E-state index in [1.54, 1.807) is 6.07 Å². The van der Waals surface area contributed by atoms with Crippen LogP contribution in [-0.4, -0.2) is 52.6 Å². The van der Waals surface area contributed by atoms with Gasteiger partial charge in [0.15, 0.2) is 0 Å². The number of nitrogens with zero attached hydrogens (tertiary/aromatic N) is 2. The van der Waals surface area contributed by atoms with Crippen molar-refractivity contribution in [3.63, 3.8) is 0 Å². The van der Waals surface area contributed by atoms with E-state index in [2.05, 4.69) is 10.2 Å². The first kappa shape index (κ1) is 33.8. The molecule has 2 N–H and O–H groups in total. The Morgan fingerprint density at radius 1 is 0.918 bits per heavy atom. The largest absolute Gasteiger partial charge is 0.480 e. The zero-order chi connectivity index (χ0) is 35.4. The van der Waals surface area contributed by atoms with Crippen molar-refractivity contribution in [2.75, 3.05) is 20.1 Å². The van der Waals surface area contributed by atoms with Crippen LogP contribution in [0, 0.1) is 17.0 Å². The number of alkyl halides is 3. The third-order valence-electron chi connectivity index (χ3n) is 9.16. The molecule has 5 aromatic rings. The maximum atomic E-state index is 15.1. The molecular weight excluding hydrogens is 645 g/mol. The van der Waals surface area contributed by atoms with Gasteiger partial charge in [-0.1, -0.05) is 61.5 Å². The number of aliphatic carboxylic acids is 1.